The number of amides is 6. The molecule has 0 spiro atoms. The predicted molar refractivity (Wildman–Crippen MR) is 75.6 cm³/mol. The molecule has 9 heteroatoms. The van der Waals surface area contributed by atoms with E-state index in [1.54, 1.807) is 13.8 Å². The molecule has 112 valence electrons. The largest absolute Gasteiger partial charge is 0.351 e. The molecule has 1 atom stereocenters. The number of carbonyl (C=O) groups is 4. The lowest BCUT2D eigenvalue weighted by atomic mass is 9.72. The number of allylic oxidation sites excluding steroid dienone is 1. The van der Waals surface area contributed by atoms with Crippen molar-refractivity contribution in [3.8, 4) is 0 Å². The first-order chi connectivity index (χ1) is 9.10. The minimum absolute atomic E-state index is 0.594. The van der Waals surface area contributed by atoms with Gasteiger partial charge in [-0.15, -0.1) is 6.58 Å². The highest BCUT2D eigenvalue weighted by Gasteiger charge is 2.53. The summed E-state index contributed by atoms with van der Waals surface area (Å²) >= 11 is 3.14. The second-order valence-electron chi connectivity index (χ2n) is 4.30. The third-order valence-electron chi connectivity index (χ3n) is 2.78. The lowest BCUT2D eigenvalue weighted by molar-refractivity contribution is -0.144. The van der Waals surface area contributed by atoms with Gasteiger partial charge in [0.05, 0.1) is 4.83 Å². The van der Waals surface area contributed by atoms with E-state index in [1.165, 1.54) is 6.08 Å². The third kappa shape index (κ3) is 3.56. The predicted octanol–water partition coefficient (Wildman–Crippen LogP) is -0.0319. The van der Waals surface area contributed by atoms with Crippen LogP contribution < -0.4 is 22.1 Å². The molecular formula is C11H17BrN4O4. The van der Waals surface area contributed by atoms with Crippen LogP contribution in [-0.2, 0) is 9.59 Å². The maximum atomic E-state index is 12.2. The molecule has 0 aliphatic rings. The monoisotopic (exact) mass is 348 g/mol. The third-order valence-corrected chi connectivity index (χ3v) is 3.87. The van der Waals surface area contributed by atoms with Gasteiger partial charge < -0.3 is 11.5 Å². The Kier molecular flexibility index (Phi) is 6.37. The van der Waals surface area contributed by atoms with E-state index in [2.05, 4.69) is 22.5 Å². The van der Waals surface area contributed by atoms with Crippen molar-refractivity contribution in [1.82, 2.24) is 10.6 Å². The van der Waals surface area contributed by atoms with Gasteiger partial charge in [-0.1, -0.05) is 35.9 Å². The molecule has 0 aromatic heterocycles. The molecule has 0 aromatic rings. The molecule has 0 heterocycles. The summed E-state index contributed by atoms with van der Waals surface area (Å²) in [5.41, 5.74) is 7.98. The van der Waals surface area contributed by atoms with Crippen LogP contribution in [0.25, 0.3) is 0 Å². The van der Waals surface area contributed by atoms with E-state index in [1.807, 2.05) is 10.6 Å². The Balaban J connectivity index is 5.89. The lowest BCUT2D eigenvalue weighted by Gasteiger charge is -2.36. The van der Waals surface area contributed by atoms with Crippen molar-refractivity contribution in [3.63, 3.8) is 0 Å². The van der Waals surface area contributed by atoms with Gasteiger partial charge in [0.25, 0.3) is 0 Å². The number of rotatable bonds is 5. The Morgan fingerprint density at radius 1 is 1.10 bits per heavy atom. The first kappa shape index (κ1) is 18.1. The molecule has 0 fully saturated rings. The molecule has 0 bridgehead atoms. The second-order valence-corrected chi connectivity index (χ2v) is 5.28. The fraction of sp³-hybridized carbons (Fsp3) is 0.455. The van der Waals surface area contributed by atoms with Crippen LogP contribution in [-0.4, -0.2) is 28.7 Å². The number of hydrogen-bond donors (Lipinski definition) is 4. The number of hydrogen-bond acceptors (Lipinski definition) is 4. The summed E-state index contributed by atoms with van der Waals surface area (Å²) in [5.74, 6) is -2.51. The van der Waals surface area contributed by atoms with Gasteiger partial charge in [-0.05, 0) is 5.92 Å². The Hall–Kier alpha value is -1.90. The highest BCUT2D eigenvalue weighted by atomic mass is 79.9. The summed E-state index contributed by atoms with van der Waals surface area (Å²) in [4.78, 5) is 45.3. The van der Waals surface area contributed by atoms with Gasteiger partial charge in [0.15, 0.2) is 0 Å². The fourth-order valence-corrected chi connectivity index (χ4v) is 2.76. The smallest absolute Gasteiger partial charge is 0.318 e. The maximum Gasteiger partial charge on any atom is 0.318 e. The Morgan fingerprint density at radius 2 is 1.45 bits per heavy atom. The van der Waals surface area contributed by atoms with Gasteiger partial charge in [-0.3, -0.25) is 20.2 Å². The molecule has 0 aromatic carbocycles. The van der Waals surface area contributed by atoms with Crippen molar-refractivity contribution in [2.75, 3.05) is 0 Å². The summed E-state index contributed by atoms with van der Waals surface area (Å²) in [6.45, 7) is 6.63. The van der Waals surface area contributed by atoms with Crippen LogP contribution in [0.2, 0.25) is 0 Å². The maximum absolute atomic E-state index is 12.2. The van der Waals surface area contributed by atoms with Gasteiger partial charge in [-0.25, -0.2) is 9.59 Å². The molecule has 6 amide bonds. The zero-order valence-corrected chi connectivity index (χ0v) is 12.7. The molecular weight excluding hydrogens is 332 g/mol. The molecule has 0 aliphatic heterocycles. The van der Waals surface area contributed by atoms with Gasteiger partial charge in [0.1, 0.15) is 5.41 Å². The average Bonchev–Trinajstić information content (AvgIpc) is 2.26. The van der Waals surface area contributed by atoms with Crippen molar-refractivity contribution in [1.29, 1.82) is 0 Å². The van der Waals surface area contributed by atoms with Gasteiger partial charge in [0, 0.05) is 0 Å². The summed E-state index contributed by atoms with van der Waals surface area (Å²) in [6, 6.07) is -2.23. The van der Waals surface area contributed by atoms with Crippen molar-refractivity contribution >= 4 is 39.8 Å². The standard InChI is InChI=1S/C11H17BrN4O4/c1-4-6(12)11(5(2)3,7(17)15-9(13)19)8(18)16-10(14)20/h4-6H,1H2,2-3H3,(H3,13,15,17,19)(H3,14,16,18,20). The number of imide groups is 2. The molecule has 0 aliphatic carbocycles. The zero-order valence-electron chi connectivity index (χ0n) is 11.1. The van der Waals surface area contributed by atoms with Crippen molar-refractivity contribution < 1.29 is 19.2 Å². The zero-order chi connectivity index (χ0) is 16.1. The van der Waals surface area contributed by atoms with Crippen LogP contribution in [0.1, 0.15) is 13.8 Å². The first-order valence-corrected chi connectivity index (χ1v) is 6.50. The van der Waals surface area contributed by atoms with E-state index in [4.69, 9.17) is 11.5 Å². The number of urea groups is 2. The van der Waals surface area contributed by atoms with E-state index in [0.29, 0.717) is 0 Å². The van der Waals surface area contributed by atoms with Crippen molar-refractivity contribution in [2.24, 2.45) is 22.8 Å². The van der Waals surface area contributed by atoms with Crippen molar-refractivity contribution in [3.05, 3.63) is 12.7 Å². The highest BCUT2D eigenvalue weighted by Crippen LogP contribution is 2.37. The number of primary amides is 2. The fourth-order valence-electron chi connectivity index (χ4n) is 1.81. The van der Waals surface area contributed by atoms with E-state index < -0.39 is 40.0 Å². The number of nitrogens with one attached hydrogen (secondary N) is 2. The Morgan fingerprint density at radius 3 is 1.65 bits per heavy atom. The molecule has 1 unspecified atom stereocenters. The molecule has 0 rings (SSSR count). The molecule has 6 N–H and O–H groups in total. The topological polar surface area (TPSA) is 144 Å². The van der Waals surface area contributed by atoms with E-state index in [9.17, 15) is 19.2 Å². The van der Waals surface area contributed by atoms with Crippen LogP contribution >= 0.6 is 15.9 Å². The second kappa shape index (κ2) is 7.04. The van der Waals surface area contributed by atoms with Gasteiger partial charge in [-0.2, -0.15) is 0 Å². The Bertz CT molecular complexity index is 422. The van der Waals surface area contributed by atoms with Gasteiger partial charge in [0.2, 0.25) is 11.8 Å². The number of nitrogens with two attached hydrogens (primary N) is 2. The van der Waals surface area contributed by atoms with Gasteiger partial charge >= 0.3 is 12.1 Å². The minimum Gasteiger partial charge on any atom is -0.351 e. The normalized spacial score (nSPS) is 12.4. The molecule has 8 nitrogen and oxygen atoms in total. The van der Waals surface area contributed by atoms with Crippen LogP contribution in [0.5, 0.6) is 0 Å². The highest BCUT2D eigenvalue weighted by molar-refractivity contribution is 9.09. The molecule has 20 heavy (non-hydrogen) atoms. The van der Waals surface area contributed by atoms with E-state index in [-0.39, 0.29) is 0 Å². The quantitative estimate of drug-likeness (QED) is 0.314. The SMILES string of the molecule is C=CC(Br)C(C(=O)NC(N)=O)(C(=O)NC(N)=O)C(C)C. The van der Waals surface area contributed by atoms with Crippen LogP contribution in [0, 0.1) is 11.3 Å². The van der Waals surface area contributed by atoms with Crippen LogP contribution in [0.4, 0.5) is 9.59 Å². The summed E-state index contributed by atoms with van der Waals surface area (Å²) in [5, 5.41) is 3.69. The number of carbonyl (C=O) groups excluding carboxylic acids is 4. The Labute approximate surface area is 124 Å². The number of halogens is 1. The summed E-state index contributed by atoms with van der Waals surface area (Å²) in [7, 11) is 0. The molecule has 0 saturated carbocycles. The number of alkyl halides is 1. The van der Waals surface area contributed by atoms with Crippen LogP contribution in [0.3, 0.4) is 0 Å². The van der Waals surface area contributed by atoms with E-state index >= 15 is 0 Å². The minimum atomic E-state index is -1.81. The molecule has 0 radical (unpaired) electrons. The van der Waals surface area contributed by atoms with E-state index in [0.717, 1.165) is 0 Å². The van der Waals surface area contributed by atoms with Crippen molar-refractivity contribution in [2.45, 2.75) is 18.7 Å². The lowest BCUT2D eigenvalue weighted by Crippen LogP contribution is -2.61. The van der Waals surface area contributed by atoms with Crippen LogP contribution in [0.15, 0.2) is 12.7 Å². The molecule has 0 saturated heterocycles. The average molecular weight is 349 g/mol. The summed E-state index contributed by atoms with van der Waals surface area (Å²) in [6.07, 6.45) is 1.29. The summed E-state index contributed by atoms with van der Waals surface area (Å²) < 4.78 is 0. The first-order valence-electron chi connectivity index (χ1n) is 5.59.